The predicted octanol–water partition coefficient (Wildman–Crippen LogP) is 6.29. The van der Waals surface area contributed by atoms with Gasteiger partial charge in [-0.25, -0.2) is 16.8 Å². The fraction of sp³-hybridized carbons (Fsp3) is 0.296. The molecule has 1 amide bonds. The molecule has 8 nitrogen and oxygen atoms in total. The molecular formula is C27H27ClF3N3O5S2. The molecule has 41 heavy (non-hydrogen) atoms. The Bertz CT molecular complexity index is 1650. The van der Waals surface area contributed by atoms with Crippen LogP contribution in [0, 0.1) is 6.92 Å². The number of sulfonamides is 2. The van der Waals surface area contributed by atoms with Crippen LogP contribution in [0.1, 0.15) is 47.2 Å². The topological polar surface area (TPSA) is 113 Å². The summed E-state index contributed by atoms with van der Waals surface area (Å²) < 4.78 is 94.8. The van der Waals surface area contributed by atoms with Gasteiger partial charge >= 0.3 is 6.18 Å². The molecule has 1 aliphatic heterocycles. The molecule has 0 atom stereocenters. The van der Waals surface area contributed by atoms with Crippen molar-refractivity contribution in [2.45, 2.75) is 48.6 Å². The number of benzene rings is 3. The number of carbonyl (C=O) groups excluding carboxylic acids is 1. The summed E-state index contributed by atoms with van der Waals surface area (Å²) in [6.45, 7) is 2.51. The molecule has 2 N–H and O–H groups in total. The Hall–Kier alpha value is -3.13. The number of anilines is 2. The summed E-state index contributed by atoms with van der Waals surface area (Å²) in [5.41, 5.74) is -0.607. The lowest BCUT2D eigenvalue weighted by molar-refractivity contribution is -0.137. The average molecular weight is 630 g/mol. The van der Waals surface area contributed by atoms with Gasteiger partial charge in [-0.2, -0.15) is 17.5 Å². The van der Waals surface area contributed by atoms with E-state index < -0.39 is 42.7 Å². The summed E-state index contributed by atoms with van der Waals surface area (Å²) in [5.74, 6) is -0.593. The van der Waals surface area contributed by atoms with Crippen LogP contribution in [0.15, 0.2) is 70.5 Å². The lowest BCUT2D eigenvalue weighted by atomic mass is 10.1. The molecule has 1 aliphatic rings. The van der Waals surface area contributed by atoms with Gasteiger partial charge in [-0.3, -0.25) is 9.52 Å². The molecule has 0 unspecified atom stereocenters. The molecule has 0 spiro atoms. The van der Waals surface area contributed by atoms with E-state index in [4.69, 9.17) is 11.6 Å². The predicted molar refractivity (Wildman–Crippen MR) is 150 cm³/mol. The van der Waals surface area contributed by atoms with Gasteiger partial charge in [0.15, 0.2) is 0 Å². The maximum Gasteiger partial charge on any atom is 0.417 e. The molecule has 4 rings (SSSR count). The lowest BCUT2D eigenvalue weighted by Gasteiger charge is -2.20. The molecular weight excluding hydrogens is 603 g/mol. The summed E-state index contributed by atoms with van der Waals surface area (Å²) in [7, 11) is -8.05. The van der Waals surface area contributed by atoms with Crippen molar-refractivity contribution in [3.63, 3.8) is 0 Å². The molecule has 0 bridgehead atoms. The van der Waals surface area contributed by atoms with Gasteiger partial charge in [0.2, 0.25) is 10.0 Å². The number of amides is 1. The minimum absolute atomic E-state index is 0.0125. The Morgan fingerprint density at radius 3 is 2.02 bits per heavy atom. The minimum atomic E-state index is -4.77. The highest BCUT2D eigenvalue weighted by molar-refractivity contribution is 7.92. The number of aryl methyl sites for hydroxylation is 1. The van der Waals surface area contributed by atoms with E-state index in [9.17, 15) is 34.8 Å². The number of nitrogens with zero attached hydrogens (tertiary/aromatic N) is 1. The summed E-state index contributed by atoms with van der Waals surface area (Å²) >= 11 is 5.59. The minimum Gasteiger partial charge on any atom is -0.322 e. The third-order valence-electron chi connectivity index (χ3n) is 6.60. The molecule has 0 aromatic heterocycles. The standard InChI is InChI=1S/C27H27ClF3N3O5S2/c1-18-6-10-22(41(38,39)34-14-4-2-3-5-15-34)17-23(18)26(35)32-19-7-11-21(12-8-19)40(36,37)33-20-9-13-25(28)24(16-20)27(29,30)31/h6-13,16-17,33H,2-5,14-15H2,1H3,(H,32,35). The van der Waals surface area contributed by atoms with Gasteiger partial charge in [-0.1, -0.05) is 30.5 Å². The number of alkyl halides is 3. The first-order valence-electron chi connectivity index (χ1n) is 12.6. The third-order valence-corrected chi connectivity index (χ3v) is 10.2. The summed E-state index contributed by atoms with van der Waals surface area (Å²) in [6.07, 6.45) is -1.30. The van der Waals surface area contributed by atoms with E-state index in [1.807, 2.05) is 0 Å². The smallest absolute Gasteiger partial charge is 0.322 e. The third kappa shape index (κ3) is 7.21. The van der Waals surface area contributed by atoms with E-state index in [0.29, 0.717) is 24.7 Å². The summed E-state index contributed by atoms with van der Waals surface area (Å²) in [6, 6.07) is 12.0. The number of nitrogens with one attached hydrogen (secondary N) is 2. The molecule has 3 aromatic rings. The second kappa shape index (κ2) is 12.0. The zero-order chi connectivity index (χ0) is 30.0. The first-order valence-corrected chi connectivity index (χ1v) is 15.9. The Labute approximate surface area is 241 Å². The number of rotatable bonds is 7. The van der Waals surface area contributed by atoms with Crippen LogP contribution in [0.5, 0.6) is 0 Å². The second-order valence-corrected chi connectivity index (χ2v) is 13.6. The van der Waals surface area contributed by atoms with Crippen molar-refractivity contribution in [3.05, 3.63) is 82.4 Å². The maximum absolute atomic E-state index is 13.2. The van der Waals surface area contributed by atoms with Gasteiger partial charge in [0.05, 0.1) is 20.4 Å². The average Bonchev–Trinajstić information content (AvgIpc) is 3.20. The number of carbonyl (C=O) groups is 1. The van der Waals surface area contributed by atoms with Crippen LogP contribution in [0.4, 0.5) is 24.5 Å². The van der Waals surface area contributed by atoms with Crippen molar-refractivity contribution in [3.8, 4) is 0 Å². The summed E-state index contributed by atoms with van der Waals surface area (Å²) in [4.78, 5) is 12.8. The van der Waals surface area contributed by atoms with Crippen LogP contribution in [-0.2, 0) is 26.2 Å². The van der Waals surface area contributed by atoms with Gasteiger partial charge < -0.3 is 5.32 Å². The van der Waals surface area contributed by atoms with Gasteiger partial charge in [0, 0.05) is 30.0 Å². The van der Waals surface area contributed by atoms with Gasteiger partial charge in [0.25, 0.3) is 15.9 Å². The molecule has 1 heterocycles. The van der Waals surface area contributed by atoms with Crippen molar-refractivity contribution < 1.29 is 34.8 Å². The first-order chi connectivity index (χ1) is 19.2. The van der Waals surface area contributed by atoms with E-state index in [1.54, 1.807) is 13.0 Å². The normalized spacial score (nSPS) is 15.2. The Balaban J connectivity index is 1.50. The monoisotopic (exact) mass is 629 g/mol. The second-order valence-electron chi connectivity index (χ2n) is 9.57. The van der Waals surface area contributed by atoms with Crippen LogP contribution in [0.2, 0.25) is 5.02 Å². The Morgan fingerprint density at radius 1 is 0.829 bits per heavy atom. The van der Waals surface area contributed by atoms with E-state index >= 15 is 0 Å². The zero-order valence-corrected chi connectivity index (χ0v) is 24.2. The van der Waals surface area contributed by atoms with Crippen molar-refractivity contribution in [2.75, 3.05) is 23.1 Å². The quantitative estimate of drug-likeness (QED) is 0.319. The molecule has 1 fully saturated rings. The van der Waals surface area contributed by atoms with Crippen LogP contribution in [0.3, 0.4) is 0 Å². The van der Waals surface area contributed by atoms with Crippen molar-refractivity contribution in [2.24, 2.45) is 0 Å². The molecule has 14 heteroatoms. The van der Waals surface area contributed by atoms with Gasteiger partial charge in [0.1, 0.15) is 0 Å². The molecule has 0 radical (unpaired) electrons. The SMILES string of the molecule is Cc1ccc(S(=O)(=O)N2CCCCCC2)cc1C(=O)Nc1ccc(S(=O)(=O)Nc2ccc(Cl)c(C(F)(F)F)c2)cc1. The lowest BCUT2D eigenvalue weighted by Crippen LogP contribution is -2.32. The van der Waals surface area contributed by atoms with E-state index in [0.717, 1.165) is 37.8 Å². The Morgan fingerprint density at radius 2 is 1.41 bits per heavy atom. The largest absolute Gasteiger partial charge is 0.417 e. The highest BCUT2D eigenvalue weighted by Crippen LogP contribution is 2.36. The van der Waals surface area contributed by atoms with Gasteiger partial charge in [-0.05, 0) is 79.9 Å². The number of hydrogen-bond donors (Lipinski definition) is 2. The highest BCUT2D eigenvalue weighted by atomic mass is 35.5. The van der Waals surface area contributed by atoms with Gasteiger partial charge in [-0.15, -0.1) is 0 Å². The first kappa shape index (κ1) is 30.8. The van der Waals surface area contributed by atoms with E-state index in [-0.39, 0.29) is 26.7 Å². The van der Waals surface area contributed by atoms with Crippen LogP contribution >= 0.6 is 11.6 Å². The fourth-order valence-electron chi connectivity index (χ4n) is 4.37. The van der Waals surface area contributed by atoms with Crippen molar-refractivity contribution in [1.82, 2.24) is 4.31 Å². The summed E-state index contributed by atoms with van der Waals surface area (Å²) in [5, 5.41) is 2.06. The molecule has 0 aliphatic carbocycles. The number of hydrogen-bond acceptors (Lipinski definition) is 5. The number of halogens is 4. The molecule has 3 aromatic carbocycles. The van der Waals surface area contributed by atoms with Crippen LogP contribution in [-0.4, -0.2) is 40.1 Å². The molecule has 0 saturated carbocycles. The zero-order valence-electron chi connectivity index (χ0n) is 21.8. The van der Waals surface area contributed by atoms with Crippen molar-refractivity contribution in [1.29, 1.82) is 0 Å². The van der Waals surface area contributed by atoms with E-state index in [1.165, 1.54) is 40.7 Å². The van der Waals surface area contributed by atoms with Crippen LogP contribution in [0.25, 0.3) is 0 Å². The van der Waals surface area contributed by atoms with Crippen LogP contribution < -0.4 is 10.0 Å². The molecule has 1 saturated heterocycles. The molecule has 220 valence electrons. The highest BCUT2D eigenvalue weighted by Gasteiger charge is 2.34. The fourth-order valence-corrected chi connectivity index (χ4v) is 7.19. The van der Waals surface area contributed by atoms with Crippen molar-refractivity contribution >= 4 is 48.9 Å². The Kier molecular flexibility index (Phi) is 9.02. The maximum atomic E-state index is 13.2. The van der Waals surface area contributed by atoms with E-state index in [2.05, 4.69) is 10.0 Å².